The summed E-state index contributed by atoms with van der Waals surface area (Å²) in [5.41, 5.74) is 5.22. The van der Waals surface area contributed by atoms with Crippen molar-refractivity contribution in [3.63, 3.8) is 0 Å². The first-order valence-corrected chi connectivity index (χ1v) is 20.4. The number of carbonyl (C=O) groups excluding carboxylic acids is 4. The Morgan fingerprint density at radius 1 is 0.789 bits per heavy atom. The first-order chi connectivity index (χ1) is 27.4. The van der Waals surface area contributed by atoms with Gasteiger partial charge in [-0.3, -0.25) is 19.2 Å². The number of fused-ring (bicyclic) bond motifs is 4. The van der Waals surface area contributed by atoms with E-state index in [9.17, 15) is 19.2 Å². The average molecular weight is 775 g/mol. The van der Waals surface area contributed by atoms with Crippen LogP contribution in [0.5, 0.6) is 0 Å². The number of hydrogen-bond acceptors (Lipinski definition) is 8. The fourth-order valence-corrected chi connectivity index (χ4v) is 9.06. The SMILES string of the molecule is COC(=O)C[C@H](C(=O)N1CCC[C@H]1c1ncc(-c2ccc(C#Cc3ccc4nc([C@@H]5C6CCC(CC6)N5C(=O)[C@@H](CC(=O)OC)C(C)C)[nH]c4c3)cc2)[nH]1)C(C)C. The van der Waals surface area contributed by atoms with Gasteiger partial charge in [0.2, 0.25) is 11.8 Å². The summed E-state index contributed by atoms with van der Waals surface area (Å²) in [5, 5.41) is 0. The molecule has 4 fully saturated rings. The highest BCUT2D eigenvalue weighted by Gasteiger charge is 2.48. The molecule has 5 heterocycles. The van der Waals surface area contributed by atoms with Crippen molar-refractivity contribution in [3.05, 3.63) is 71.4 Å². The molecule has 2 bridgehead atoms. The van der Waals surface area contributed by atoms with Crippen molar-refractivity contribution in [2.45, 2.75) is 97.2 Å². The maximum absolute atomic E-state index is 14.1. The first-order valence-electron chi connectivity index (χ1n) is 20.4. The highest BCUT2D eigenvalue weighted by Crippen LogP contribution is 2.48. The number of H-pyrrole nitrogens is 2. The number of rotatable bonds is 11. The van der Waals surface area contributed by atoms with Gasteiger partial charge in [0.25, 0.3) is 0 Å². The maximum Gasteiger partial charge on any atom is 0.306 e. The second-order valence-corrected chi connectivity index (χ2v) is 16.6. The molecule has 1 aliphatic carbocycles. The Balaban J connectivity index is 1.05. The number of hydrogen-bond donors (Lipinski definition) is 2. The van der Waals surface area contributed by atoms with E-state index in [1.165, 1.54) is 14.2 Å². The monoisotopic (exact) mass is 774 g/mol. The number of esters is 2. The lowest BCUT2D eigenvalue weighted by molar-refractivity contribution is -0.156. The van der Waals surface area contributed by atoms with E-state index >= 15 is 0 Å². The van der Waals surface area contributed by atoms with Gasteiger partial charge in [0.05, 0.1) is 73.9 Å². The molecule has 3 saturated heterocycles. The Morgan fingerprint density at radius 2 is 1.42 bits per heavy atom. The fourth-order valence-electron chi connectivity index (χ4n) is 9.06. The van der Waals surface area contributed by atoms with Crippen LogP contribution in [0.3, 0.4) is 0 Å². The zero-order chi connectivity index (χ0) is 40.4. The van der Waals surface area contributed by atoms with Gasteiger partial charge in [-0.1, -0.05) is 51.7 Å². The van der Waals surface area contributed by atoms with Crippen molar-refractivity contribution >= 4 is 34.8 Å². The zero-order valence-electron chi connectivity index (χ0n) is 33.8. The number of benzene rings is 2. The first kappa shape index (κ1) is 39.8. The number of methoxy groups -OCH3 is 2. The summed E-state index contributed by atoms with van der Waals surface area (Å²) in [6.07, 6.45) is 7.67. The number of nitrogens with one attached hydrogen (secondary N) is 2. The molecule has 2 N–H and O–H groups in total. The number of amides is 2. The number of aromatic nitrogens is 4. The summed E-state index contributed by atoms with van der Waals surface area (Å²) >= 11 is 0. The van der Waals surface area contributed by atoms with E-state index in [1.54, 1.807) is 6.20 Å². The Kier molecular flexibility index (Phi) is 11.8. The minimum atomic E-state index is -0.444. The van der Waals surface area contributed by atoms with E-state index in [4.69, 9.17) is 14.5 Å². The van der Waals surface area contributed by atoms with Crippen molar-refractivity contribution < 1.29 is 28.7 Å². The molecular weight excluding hydrogens is 721 g/mol. The average Bonchev–Trinajstić information content (AvgIpc) is 4.01. The number of piperidine rings is 2. The number of nitrogens with zero attached hydrogens (tertiary/aromatic N) is 4. The summed E-state index contributed by atoms with van der Waals surface area (Å²) in [4.78, 5) is 72.7. The minimum Gasteiger partial charge on any atom is -0.469 e. The molecule has 0 unspecified atom stereocenters. The van der Waals surface area contributed by atoms with Crippen LogP contribution in [0.2, 0.25) is 0 Å². The summed E-state index contributed by atoms with van der Waals surface area (Å²) in [7, 11) is 2.72. The van der Waals surface area contributed by atoms with Crippen molar-refractivity contribution in [3.8, 4) is 23.1 Å². The van der Waals surface area contributed by atoms with Gasteiger partial charge >= 0.3 is 11.9 Å². The predicted molar refractivity (Wildman–Crippen MR) is 215 cm³/mol. The molecule has 3 aliphatic heterocycles. The second-order valence-electron chi connectivity index (χ2n) is 16.6. The largest absolute Gasteiger partial charge is 0.469 e. The van der Waals surface area contributed by atoms with Crippen LogP contribution in [-0.4, -0.2) is 80.3 Å². The lowest BCUT2D eigenvalue weighted by Gasteiger charge is -2.51. The zero-order valence-corrected chi connectivity index (χ0v) is 33.8. The van der Waals surface area contributed by atoms with Gasteiger partial charge in [-0.15, -0.1) is 0 Å². The number of carbonyl (C=O) groups is 4. The number of likely N-dealkylation sites (tertiary alicyclic amines) is 1. The van der Waals surface area contributed by atoms with E-state index in [0.717, 1.165) is 83.6 Å². The van der Waals surface area contributed by atoms with Crippen LogP contribution in [0.25, 0.3) is 22.3 Å². The summed E-state index contributed by atoms with van der Waals surface area (Å²) < 4.78 is 9.81. The molecule has 4 aromatic rings. The lowest BCUT2D eigenvalue weighted by Crippen LogP contribution is -2.55. The van der Waals surface area contributed by atoms with E-state index in [1.807, 2.05) is 80.0 Å². The molecule has 12 heteroatoms. The Morgan fingerprint density at radius 3 is 2.07 bits per heavy atom. The molecule has 2 aromatic carbocycles. The van der Waals surface area contributed by atoms with Crippen LogP contribution in [0.15, 0.2) is 48.7 Å². The van der Waals surface area contributed by atoms with Gasteiger partial charge in [0.15, 0.2) is 0 Å². The molecule has 57 heavy (non-hydrogen) atoms. The van der Waals surface area contributed by atoms with Crippen LogP contribution >= 0.6 is 0 Å². The van der Waals surface area contributed by atoms with Crippen molar-refractivity contribution in [1.82, 2.24) is 29.7 Å². The van der Waals surface area contributed by atoms with Gasteiger partial charge < -0.3 is 29.2 Å². The third-order valence-electron chi connectivity index (χ3n) is 12.4. The molecule has 12 nitrogen and oxygen atoms in total. The third kappa shape index (κ3) is 8.34. The quantitative estimate of drug-likeness (QED) is 0.121. The molecule has 300 valence electrons. The molecule has 4 atom stereocenters. The normalized spacial score (nSPS) is 21.4. The maximum atomic E-state index is 14.1. The van der Waals surface area contributed by atoms with Gasteiger partial charge in [0.1, 0.15) is 11.6 Å². The molecule has 0 radical (unpaired) electrons. The highest BCUT2D eigenvalue weighted by atomic mass is 16.5. The van der Waals surface area contributed by atoms with Crippen molar-refractivity contribution in [2.24, 2.45) is 29.6 Å². The standard InChI is InChI=1S/C45H54N6O6/c1-26(2)33(23-39(52)56-5)44(54)50-21-7-8-38(50)42-46-25-37(49-42)30-14-11-28(12-15-30)9-10-29-13-20-35-36(22-29)48-43(47-35)41-31-16-18-32(19-17-31)51(41)45(55)34(27(3)4)24-40(53)57-6/h11-15,20,22,25-27,31-34,38,41H,7-8,16-19,21,23-24H2,1-6H3,(H,46,49)(H,47,48)/t31?,32?,33-,34-,38-,41-/m0/s1. The molecule has 1 saturated carbocycles. The highest BCUT2D eigenvalue weighted by molar-refractivity contribution is 5.86. The van der Waals surface area contributed by atoms with Gasteiger partial charge in [-0.2, -0.15) is 0 Å². The Hall–Kier alpha value is -5.44. The van der Waals surface area contributed by atoms with Crippen LogP contribution < -0.4 is 0 Å². The van der Waals surface area contributed by atoms with Crippen LogP contribution in [0.4, 0.5) is 0 Å². The molecule has 2 aromatic heterocycles. The summed E-state index contributed by atoms with van der Waals surface area (Å²) in [6, 6.07) is 13.7. The predicted octanol–water partition coefficient (Wildman–Crippen LogP) is 7.13. The molecule has 2 amide bonds. The third-order valence-corrected chi connectivity index (χ3v) is 12.4. The molecule has 8 rings (SSSR count). The van der Waals surface area contributed by atoms with Crippen LogP contribution in [0, 0.1) is 41.4 Å². The van der Waals surface area contributed by atoms with Gasteiger partial charge in [-0.25, -0.2) is 9.97 Å². The number of ether oxygens (including phenoxy) is 2. The lowest BCUT2D eigenvalue weighted by atomic mass is 9.73. The topological polar surface area (TPSA) is 151 Å². The second kappa shape index (κ2) is 17.0. The Bertz CT molecular complexity index is 2170. The van der Waals surface area contributed by atoms with Gasteiger partial charge in [0, 0.05) is 23.7 Å². The number of aromatic amines is 2. The molecular formula is C45H54N6O6. The summed E-state index contributed by atoms with van der Waals surface area (Å²) in [6.45, 7) is 8.54. The summed E-state index contributed by atoms with van der Waals surface area (Å²) in [5.74, 6) is 6.80. The number of imidazole rings is 2. The van der Waals surface area contributed by atoms with E-state index in [0.29, 0.717) is 12.5 Å². The van der Waals surface area contributed by atoms with Crippen LogP contribution in [0.1, 0.15) is 114 Å². The minimum absolute atomic E-state index is 0.000368. The van der Waals surface area contributed by atoms with Crippen LogP contribution in [-0.2, 0) is 28.7 Å². The smallest absolute Gasteiger partial charge is 0.306 e. The van der Waals surface area contributed by atoms with Crippen molar-refractivity contribution in [1.29, 1.82) is 0 Å². The van der Waals surface area contributed by atoms with E-state index < -0.39 is 11.8 Å². The Labute approximate surface area is 334 Å². The van der Waals surface area contributed by atoms with Gasteiger partial charge in [-0.05, 0) is 92.2 Å². The van der Waals surface area contributed by atoms with E-state index in [2.05, 4.69) is 26.8 Å². The molecule has 4 aliphatic rings. The fraction of sp³-hybridized carbons (Fsp3) is 0.511. The van der Waals surface area contributed by atoms with E-state index in [-0.39, 0.29) is 66.6 Å². The molecule has 0 spiro atoms. The van der Waals surface area contributed by atoms with Crippen molar-refractivity contribution in [2.75, 3.05) is 20.8 Å².